The van der Waals surface area contributed by atoms with Crippen LogP contribution >= 0.6 is 15.9 Å². The standard InChI is InChI=1S/C15H14BrFO3/c1-19-12-4-3-5-13(20-2)14(12)15(18)10-7-6-9(16)8-11(10)17/h3-8,15,18H,1-2H3. The second-order valence-electron chi connectivity index (χ2n) is 4.14. The molecule has 1 atom stereocenters. The first-order valence-corrected chi connectivity index (χ1v) is 6.71. The lowest BCUT2D eigenvalue weighted by Crippen LogP contribution is -2.07. The first-order chi connectivity index (χ1) is 9.58. The van der Waals surface area contributed by atoms with E-state index in [0.717, 1.165) is 0 Å². The zero-order chi connectivity index (χ0) is 14.7. The molecule has 3 nitrogen and oxygen atoms in total. The fraction of sp³-hybridized carbons (Fsp3) is 0.200. The van der Waals surface area contributed by atoms with E-state index in [1.165, 1.54) is 26.4 Å². The summed E-state index contributed by atoms with van der Waals surface area (Å²) in [5.74, 6) is 0.387. The van der Waals surface area contributed by atoms with Crippen LogP contribution in [0.3, 0.4) is 0 Å². The van der Waals surface area contributed by atoms with Crippen molar-refractivity contribution in [3.05, 3.63) is 57.8 Å². The largest absolute Gasteiger partial charge is 0.496 e. The van der Waals surface area contributed by atoms with Gasteiger partial charge < -0.3 is 14.6 Å². The predicted octanol–water partition coefficient (Wildman–Crippen LogP) is 3.69. The van der Waals surface area contributed by atoms with Gasteiger partial charge in [0.05, 0.1) is 19.8 Å². The minimum Gasteiger partial charge on any atom is -0.496 e. The number of benzene rings is 2. The summed E-state index contributed by atoms with van der Waals surface area (Å²) < 4.78 is 25.0. The molecule has 0 spiro atoms. The maximum absolute atomic E-state index is 14.0. The molecule has 0 aliphatic carbocycles. The minimum absolute atomic E-state index is 0.163. The summed E-state index contributed by atoms with van der Waals surface area (Å²) in [4.78, 5) is 0. The van der Waals surface area contributed by atoms with E-state index in [0.29, 0.717) is 21.5 Å². The number of ether oxygens (including phenoxy) is 2. The van der Waals surface area contributed by atoms with Gasteiger partial charge in [-0.05, 0) is 24.3 Å². The van der Waals surface area contributed by atoms with Gasteiger partial charge in [-0.1, -0.05) is 28.1 Å². The summed E-state index contributed by atoms with van der Waals surface area (Å²) in [6.07, 6.45) is -1.17. The van der Waals surface area contributed by atoms with E-state index in [-0.39, 0.29) is 5.56 Å². The van der Waals surface area contributed by atoms with Gasteiger partial charge in [0, 0.05) is 10.0 Å². The lowest BCUT2D eigenvalue weighted by Gasteiger charge is -2.18. The molecule has 2 rings (SSSR count). The highest BCUT2D eigenvalue weighted by Gasteiger charge is 2.23. The molecule has 20 heavy (non-hydrogen) atoms. The summed E-state index contributed by atoms with van der Waals surface area (Å²) in [5, 5.41) is 10.5. The number of aliphatic hydroxyl groups excluding tert-OH is 1. The molecule has 1 unspecified atom stereocenters. The zero-order valence-electron chi connectivity index (χ0n) is 11.1. The Bertz CT molecular complexity index is 594. The number of aliphatic hydroxyl groups is 1. The van der Waals surface area contributed by atoms with E-state index in [1.54, 1.807) is 24.3 Å². The van der Waals surface area contributed by atoms with Gasteiger partial charge in [-0.25, -0.2) is 4.39 Å². The molecule has 106 valence electrons. The molecule has 0 aliphatic rings. The fourth-order valence-corrected chi connectivity index (χ4v) is 2.36. The van der Waals surface area contributed by atoms with Crippen LogP contribution in [0, 0.1) is 5.82 Å². The Hall–Kier alpha value is -1.59. The molecule has 5 heteroatoms. The van der Waals surface area contributed by atoms with Crippen molar-refractivity contribution in [3.8, 4) is 11.5 Å². The molecule has 2 aromatic rings. The first kappa shape index (κ1) is 14.8. The average Bonchev–Trinajstić information content (AvgIpc) is 2.45. The Labute approximate surface area is 125 Å². The number of hydrogen-bond donors (Lipinski definition) is 1. The second kappa shape index (κ2) is 6.24. The number of methoxy groups -OCH3 is 2. The van der Waals surface area contributed by atoms with Crippen molar-refractivity contribution < 1.29 is 19.0 Å². The Kier molecular flexibility index (Phi) is 4.62. The highest BCUT2D eigenvalue weighted by Crippen LogP contribution is 2.38. The summed E-state index contributed by atoms with van der Waals surface area (Å²) in [6.45, 7) is 0. The Morgan fingerprint density at radius 3 is 2.20 bits per heavy atom. The van der Waals surface area contributed by atoms with Crippen molar-refractivity contribution in [1.82, 2.24) is 0 Å². The number of hydrogen-bond acceptors (Lipinski definition) is 3. The normalized spacial score (nSPS) is 12.1. The molecular formula is C15H14BrFO3. The van der Waals surface area contributed by atoms with Crippen LogP contribution in [0.15, 0.2) is 40.9 Å². The third-order valence-corrected chi connectivity index (χ3v) is 3.49. The summed E-state index contributed by atoms with van der Waals surface area (Å²) in [5.41, 5.74) is 0.565. The van der Waals surface area contributed by atoms with Gasteiger partial charge in [0.15, 0.2) is 0 Å². The van der Waals surface area contributed by atoms with Crippen LogP contribution in [-0.4, -0.2) is 19.3 Å². The molecule has 0 aromatic heterocycles. The molecule has 0 saturated heterocycles. The summed E-state index contributed by atoms with van der Waals surface area (Å²) in [6, 6.07) is 9.63. The average molecular weight is 341 g/mol. The minimum atomic E-state index is -1.17. The maximum atomic E-state index is 14.0. The molecule has 2 aromatic carbocycles. The van der Waals surface area contributed by atoms with Crippen LogP contribution in [0.4, 0.5) is 4.39 Å². The van der Waals surface area contributed by atoms with Gasteiger partial charge in [0.1, 0.15) is 23.4 Å². The topological polar surface area (TPSA) is 38.7 Å². The third kappa shape index (κ3) is 2.78. The number of rotatable bonds is 4. The van der Waals surface area contributed by atoms with E-state index < -0.39 is 11.9 Å². The van der Waals surface area contributed by atoms with E-state index in [4.69, 9.17) is 9.47 Å². The van der Waals surface area contributed by atoms with Crippen LogP contribution in [0.25, 0.3) is 0 Å². The van der Waals surface area contributed by atoms with Crippen molar-refractivity contribution in [2.24, 2.45) is 0 Å². The van der Waals surface area contributed by atoms with Crippen LogP contribution in [0.1, 0.15) is 17.2 Å². The van der Waals surface area contributed by atoms with E-state index in [2.05, 4.69) is 15.9 Å². The molecular weight excluding hydrogens is 327 g/mol. The first-order valence-electron chi connectivity index (χ1n) is 5.92. The second-order valence-corrected chi connectivity index (χ2v) is 5.06. The quantitative estimate of drug-likeness (QED) is 0.922. The van der Waals surface area contributed by atoms with Crippen molar-refractivity contribution in [1.29, 1.82) is 0 Å². The Morgan fingerprint density at radius 2 is 1.70 bits per heavy atom. The maximum Gasteiger partial charge on any atom is 0.130 e. The van der Waals surface area contributed by atoms with Crippen LogP contribution < -0.4 is 9.47 Å². The zero-order valence-corrected chi connectivity index (χ0v) is 12.6. The molecule has 0 amide bonds. The van der Waals surface area contributed by atoms with Gasteiger partial charge in [0.2, 0.25) is 0 Å². The molecule has 0 heterocycles. The van der Waals surface area contributed by atoms with Gasteiger partial charge in [-0.2, -0.15) is 0 Å². The van der Waals surface area contributed by atoms with Crippen LogP contribution in [0.5, 0.6) is 11.5 Å². The van der Waals surface area contributed by atoms with Crippen molar-refractivity contribution in [3.63, 3.8) is 0 Å². The smallest absolute Gasteiger partial charge is 0.130 e. The van der Waals surface area contributed by atoms with Crippen molar-refractivity contribution in [2.75, 3.05) is 14.2 Å². The van der Waals surface area contributed by atoms with Gasteiger partial charge in [-0.15, -0.1) is 0 Å². The summed E-state index contributed by atoms with van der Waals surface area (Å²) >= 11 is 3.19. The highest BCUT2D eigenvalue weighted by molar-refractivity contribution is 9.10. The predicted molar refractivity (Wildman–Crippen MR) is 77.7 cm³/mol. The SMILES string of the molecule is COc1cccc(OC)c1C(O)c1ccc(Br)cc1F. The fourth-order valence-electron chi connectivity index (χ4n) is 2.03. The highest BCUT2D eigenvalue weighted by atomic mass is 79.9. The molecule has 0 bridgehead atoms. The monoisotopic (exact) mass is 340 g/mol. The van der Waals surface area contributed by atoms with Gasteiger partial charge in [-0.3, -0.25) is 0 Å². The van der Waals surface area contributed by atoms with Crippen LogP contribution in [0.2, 0.25) is 0 Å². The summed E-state index contributed by atoms with van der Waals surface area (Å²) in [7, 11) is 2.98. The third-order valence-electron chi connectivity index (χ3n) is 3.00. The molecule has 0 aliphatic heterocycles. The molecule has 0 radical (unpaired) electrons. The van der Waals surface area contributed by atoms with Gasteiger partial charge >= 0.3 is 0 Å². The molecule has 0 fully saturated rings. The molecule has 0 saturated carbocycles. The number of halogens is 2. The van der Waals surface area contributed by atoms with Crippen molar-refractivity contribution >= 4 is 15.9 Å². The van der Waals surface area contributed by atoms with Crippen LogP contribution in [-0.2, 0) is 0 Å². The Balaban J connectivity index is 2.55. The van der Waals surface area contributed by atoms with Gasteiger partial charge in [0.25, 0.3) is 0 Å². The van der Waals surface area contributed by atoms with E-state index in [9.17, 15) is 9.50 Å². The van der Waals surface area contributed by atoms with E-state index >= 15 is 0 Å². The lowest BCUT2D eigenvalue weighted by molar-refractivity contribution is 0.204. The molecule has 1 N–H and O–H groups in total. The Morgan fingerprint density at radius 1 is 1.10 bits per heavy atom. The van der Waals surface area contributed by atoms with Crippen molar-refractivity contribution in [2.45, 2.75) is 6.10 Å². The lowest BCUT2D eigenvalue weighted by atomic mass is 9.99. The van der Waals surface area contributed by atoms with E-state index in [1.807, 2.05) is 0 Å².